The molecule has 1 aromatic rings. The number of carbonyl (C=O) groups is 2. The highest BCUT2D eigenvalue weighted by molar-refractivity contribution is 7.89. The Labute approximate surface area is 159 Å². The van der Waals surface area contributed by atoms with E-state index >= 15 is 0 Å². The molecule has 2 fully saturated rings. The van der Waals surface area contributed by atoms with Crippen molar-refractivity contribution < 1.29 is 23.1 Å². The summed E-state index contributed by atoms with van der Waals surface area (Å²) in [5, 5.41) is 11.7. The van der Waals surface area contributed by atoms with E-state index in [4.69, 9.17) is 5.11 Å². The molecule has 148 valence electrons. The van der Waals surface area contributed by atoms with E-state index in [9.17, 15) is 18.0 Å². The van der Waals surface area contributed by atoms with Crippen LogP contribution in [0.25, 0.3) is 0 Å². The molecule has 0 spiro atoms. The molecule has 2 aliphatic heterocycles. The molecule has 9 heteroatoms. The molecule has 3 rings (SSSR count). The molecule has 1 unspecified atom stereocenters. The SMILES string of the molecule is O=C(O)C1CCN(C(=O)Nc2ccc(S(=O)(=O)N3CCCCCC3)cc2)C1. The van der Waals surface area contributed by atoms with Gasteiger partial charge in [-0.1, -0.05) is 12.8 Å². The zero-order valence-electron chi connectivity index (χ0n) is 15.1. The molecule has 1 atom stereocenters. The largest absolute Gasteiger partial charge is 0.481 e. The number of likely N-dealkylation sites (tertiary alicyclic amines) is 1. The van der Waals surface area contributed by atoms with Gasteiger partial charge in [-0.05, 0) is 43.5 Å². The highest BCUT2D eigenvalue weighted by Gasteiger charge is 2.31. The van der Waals surface area contributed by atoms with Crippen LogP contribution in [0.4, 0.5) is 10.5 Å². The Balaban J connectivity index is 1.63. The van der Waals surface area contributed by atoms with E-state index in [0.29, 0.717) is 31.7 Å². The highest BCUT2D eigenvalue weighted by atomic mass is 32.2. The Morgan fingerprint density at radius 3 is 2.19 bits per heavy atom. The maximum absolute atomic E-state index is 12.8. The second kappa shape index (κ2) is 8.26. The van der Waals surface area contributed by atoms with E-state index in [1.54, 1.807) is 12.1 Å². The van der Waals surface area contributed by atoms with Gasteiger partial charge in [-0.25, -0.2) is 13.2 Å². The number of benzene rings is 1. The minimum atomic E-state index is -3.52. The lowest BCUT2D eigenvalue weighted by Crippen LogP contribution is -2.34. The van der Waals surface area contributed by atoms with Crippen LogP contribution in [0.2, 0.25) is 0 Å². The lowest BCUT2D eigenvalue weighted by Gasteiger charge is -2.20. The van der Waals surface area contributed by atoms with Crippen molar-refractivity contribution in [2.45, 2.75) is 37.0 Å². The van der Waals surface area contributed by atoms with Crippen LogP contribution in [-0.2, 0) is 14.8 Å². The first-order chi connectivity index (χ1) is 12.9. The smallest absolute Gasteiger partial charge is 0.321 e. The number of urea groups is 1. The van der Waals surface area contributed by atoms with Crippen LogP contribution in [0.1, 0.15) is 32.1 Å². The molecule has 2 aliphatic rings. The topological polar surface area (TPSA) is 107 Å². The number of nitrogens with zero attached hydrogens (tertiary/aromatic N) is 2. The Bertz CT molecular complexity index is 786. The predicted molar refractivity (Wildman–Crippen MR) is 100 cm³/mol. The number of rotatable bonds is 4. The molecular formula is C18H25N3O5S. The Morgan fingerprint density at radius 1 is 1.00 bits per heavy atom. The standard InChI is InChI=1S/C18H25N3O5S/c22-17(23)14-9-12-20(13-14)18(24)19-15-5-7-16(8-6-15)27(25,26)21-10-3-1-2-4-11-21/h5-8,14H,1-4,9-13H2,(H,19,24)(H,22,23). The molecule has 1 aromatic carbocycles. The molecular weight excluding hydrogens is 370 g/mol. The summed E-state index contributed by atoms with van der Waals surface area (Å²) in [6.07, 6.45) is 4.29. The summed E-state index contributed by atoms with van der Waals surface area (Å²) in [6.45, 7) is 1.66. The van der Waals surface area contributed by atoms with Crippen molar-refractivity contribution in [3.63, 3.8) is 0 Å². The summed E-state index contributed by atoms with van der Waals surface area (Å²) in [4.78, 5) is 24.9. The zero-order valence-corrected chi connectivity index (χ0v) is 16.0. The van der Waals surface area contributed by atoms with Crippen molar-refractivity contribution in [1.29, 1.82) is 0 Å². The van der Waals surface area contributed by atoms with E-state index in [0.717, 1.165) is 25.7 Å². The normalized spacial score (nSPS) is 21.6. The maximum Gasteiger partial charge on any atom is 0.321 e. The van der Waals surface area contributed by atoms with Crippen LogP contribution in [0, 0.1) is 5.92 Å². The van der Waals surface area contributed by atoms with E-state index < -0.39 is 21.9 Å². The summed E-state index contributed by atoms with van der Waals surface area (Å²) in [6, 6.07) is 5.75. The van der Waals surface area contributed by atoms with E-state index in [1.807, 2.05) is 0 Å². The molecule has 0 aromatic heterocycles. The summed E-state index contributed by atoms with van der Waals surface area (Å²) in [5.74, 6) is -1.43. The number of carbonyl (C=O) groups excluding carboxylic acids is 1. The van der Waals surface area contributed by atoms with Crippen molar-refractivity contribution in [2.24, 2.45) is 5.92 Å². The van der Waals surface area contributed by atoms with Gasteiger partial charge in [-0.2, -0.15) is 4.31 Å². The molecule has 2 amide bonds. The zero-order chi connectivity index (χ0) is 19.4. The third kappa shape index (κ3) is 4.59. The lowest BCUT2D eigenvalue weighted by atomic mass is 10.1. The van der Waals surface area contributed by atoms with Gasteiger partial charge in [-0.3, -0.25) is 4.79 Å². The summed E-state index contributed by atoms with van der Waals surface area (Å²) in [5.41, 5.74) is 0.480. The van der Waals surface area contributed by atoms with Gasteiger partial charge in [-0.15, -0.1) is 0 Å². The van der Waals surface area contributed by atoms with Gasteiger partial charge in [0.1, 0.15) is 0 Å². The fourth-order valence-corrected chi connectivity index (χ4v) is 5.01. The number of carboxylic acid groups (broad SMARTS) is 1. The first-order valence-electron chi connectivity index (χ1n) is 9.27. The number of amides is 2. The average Bonchev–Trinajstić information content (AvgIpc) is 2.98. The quantitative estimate of drug-likeness (QED) is 0.813. The number of hydrogen-bond donors (Lipinski definition) is 2. The van der Waals surface area contributed by atoms with Gasteiger partial charge < -0.3 is 15.3 Å². The molecule has 8 nitrogen and oxygen atoms in total. The lowest BCUT2D eigenvalue weighted by molar-refractivity contribution is -0.141. The van der Waals surface area contributed by atoms with Crippen LogP contribution in [0.15, 0.2) is 29.2 Å². The molecule has 0 radical (unpaired) electrons. The van der Waals surface area contributed by atoms with Crippen LogP contribution in [0.5, 0.6) is 0 Å². The monoisotopic (exact) mass is 395 g/mol. The highest BCUT2D eigenvalue weighted by Crippen LogP contribution is 2.22. The first-order valence-corrected chi connectivity index (χ1v) is 10.7. The minimum absolute atomic E-state index is 0.183. The van der Waals surface area contributed by atoms with E-state index in [-0.39, 0.29) is 17.5 Å². The van der Waals surface area contributed by atoms with Crippen molar-refractivity contribution in [1.82, 2.24) is 9.21 Å². The number of hydrogen-bond acceptors (Lipinski definition) is 4. The molecule has 0 aliphatic carbocycles. The average molecular weight is 395 g/mol. The van der Waals surface area contributed by atoms with Gasteiger partial charge >= 0.3 is 12.0 Å². The van der Waals surface area contributed by atoms with Crippen molar-refractivity contribution in [3.05, 3.63) is 24.3 Å². The van der Waals surface area contributed by atoms with Crippen molar-refractivity contribution in [3.8, 4) is 0 Å². The van der Waals surface area contributed by atoms with Gasteiger partial charge in [0.25, 0.3) is 0 Å². The number of aliphatic carboxylic acids is 1. The first kappa shape index (κ1) is 19.6. The summed E-state index contributed by atoms with van der Waals surface area (Å²) in [7, 11) is -3.52. The Hall–Kier alpha value is -2.13. The van der Waals surface area contributed by atoms with Gasteiger partial charge in [0.15, 0.2) is 0 Å². The second-order valence-electron chi connectivity index (χ2n) is 7.04. The van der Waals surface area contributed by atoms with Crippen LogP contribution in [0.3, 0.4) is 0 Å². The molecule has 2 N–H and O–H groups in total. The number of anilines is 1. The van der Waals surface area contributed by atoms with Crippen LogP contribution >= 0.6 is 0 Å². The molecule has 27 heavy (non-hydrogen) atoms. The van der Waals surface area contributed by atoms with Gasteiger partial charge in [0.2, 0.25) is 10.0 Å². The third-order valence-electron chi connectivity index (χ3n) is 5.13. The summed E-state index contributed by atoms with van der Waals surface area (Å²) < 4.78 is 27.0. The van der Waals surface area contributed by atoms with Crippen LogP contribution in [-0.4, -0.2) is 60.9 Å². The third-order valence-corrected chi connectivity index (χ3v) is 7.05. The van der Waals surface area contributed by atoms with Crippen molar-refractivity contribution in [2.75, 3.05) is 31.5 Å². The Morgan fingerprint density at radius 2 is 1.63 bits per heavy atom. The molecule has 2 heterocycles. The van der Waals surface area contributed by atoms with Gasteiger partial charge in [0, 0.05) is 31.9 Å². The number of sulfonamides is 1. The Kier molecular flexibility index (Phi) is 6.01. The second-order valence-corrected chi connectivity index (χ2v) is 8.98. The molecule has 2 saturated heterocycles. The minimum Gasteiger partial charge on any atom is -0.481 e. The van der Waals surface area contributed by atoms with E-state index in [1.165, 1.54) is 21.3 Å². The van der Waals surface area contributed by atoms with Crippen molar-refractivity contribution >= 4 is 27.7 Å². The summed E-state index contributed by atoms with van der Waals surface area (Å²) >= 11 is 0. The fraction of sp³-hybridized carbons (Fsp3) is 0.556. The fourth-order valence-electron chi connectivity index (χ4n) is 3.49. The number of carboxylic acids is 1. The molecule has 0 bridgehead atoms. The van der Waals surface area contributed by atoms with Gasteiger partial charge in [0.05, 0.1) is 10.8 Å². The van der Waals surface area contributed by atoms with Crippen LogP contribution < -0.4 is 5.32 Å². The number of nitrogens with one attached hydrogen (secondary N) is 1. The predicted octanol–water partition coefficient (Wildman–Crippen LogP) is 2.19. The molecule has 0 saturated carbocycles. The van der Waals surface area contributed by atoms with E-state index in [2.05, 4.69) is 5.32 Å². The maximum atomic E-state index is 12.8.